The van der Waals surface area contributed by atoms with Crippen LogP contribution in [0.25, 0.3) is 0 Å². The fourth-order valence-corrected chi connectivity index (χ4v) is 1.10. The van der Waals surface area contributed by atoms with Gasteiger partial charge in [-0.25, -0.2) is 0 Å². The van der Waals surface area contributed by atoms with Crippen molar-refractivity contribution < 1.29 is 0 Å². The van der Waals surface area contributed by atoms with E-state index in [0.29, 0.717) is 0 Å². The third-order valence-corrected chi connectivity index (χ3v) is 1.68. The van der Waals surface area contributed by atoms with Gasteiger partial charge in [-0.1, -0.05) is 18.2 Å². The van der Waals surface area contributed by atoms with Crippen molar-refractivity contribution in [2.24, 2.45) is 0 Å². The minimum absolute atomic E-state index is 0.814. The van der Waals surface area contributed by atoms with E-state index in [4.69, 9.17) is 0 Å². The third kappa shape index (κ3) is 1.50. The van der Waals surface area contributed by atoms with Crippen LogP contribution in [0.3, 0.4) is 0 Å². The van der Waals surface area contributed by atoms with Gasteiger partial charge in [0, 0.05) is 12.4 Å². The van der Waals surface area contributed by atoms with Crippen LogP contribution in [0.4, 0.5) is 5.69 Å². The Bertz CT molecular complexity index is 268. The molecule has 0 atom stereocenters. The average molecular weight is 161 g/mol. The van der Waals surface area contributed by atoms with E-state index >= 15 is 0 Å². The fourth-order valence-electron chi connectivity index (χ4n) is 1.10. The van der Waals surface area contributed by atoms with Gasteiger partial charge in [-0.05, 0) is 12.1 Å². The number of rotatable bonds is 2. The van der Waals surface area contributed by atoms with Crippen LogP contribution in [0, 0.1) is 0 Å². The number of benzene rings is 1. The standard InChI is InChI=1S/C9H11N3/c1-2-4-9(5-3-1)11-12-7-6-10-8-12/h1-7,10-11H,8H2. The summed E-state index contributed by atoms with van der Waals surface area (Å²) in [6.07, 6.45) is 3.88. The Labute approximate surface area is 71.7 Å². The lowest BCUT2D eigenvalue weighted by atomic mass is 10.3. The zero-order chi connectivity index (χ0) is 8.23. The quantitative estimate of drug-likeness (QED) is 0.685. The Balaban J connectivity index is 1.99. The second-order valence-electron chi connectivity index (χ2n) is 2.63. The molecule has 1 aliphatic heterocycles. The molecule has 0 saturated heterocycles. The largest absolute Gasteiger partial charge is 0.371 e. The molecule has 0 amide bonds. The van der Waals surface area contributed by atoms with Crippen LogP contribution in [0.5, 0.6) is 0 Å². The highest BCUT2D eigenvalue weighted by Crippen LogP contribution is 2.07. The summed E-state index contributed by atoms with van der Waals surface area (Å²) in [6.45, 7) is 0.814. The van der Waals surface area contributed by atoms with Crippen LogP contribution in [0.15, 0.2) is 42.7 Å². The Hall–Kier alpha value is -1.64. The number of hydrazine groups is 1. The maximum absolute atomic E-state index is 3.22. The average Bonchev–Trinajstić information content (AvgIpc) is 2.59. The topological polar surface area (TPSA) is 27.3 Å². The Morgan fingerprint density at radius 3 is 2.75 bits per heavy atom. The fraction of sp³-hybridized carbons (Fsp3) is 0.111. The summed E-state index contributed by atoms with van der Waals surface area (Å²) in [5, 5.41) is 5.06. The molecule has 1 aliphatic rings. The van der Waals surface area contributed by atoms with Crippen LogP contribution in [-0.2, 0) is 0 Å². The highest BCUT2D eigenvalue weighted by atomic mass is 15.5. The van der Waals surface area contributed by atoms with Crippen LogP contribution in [0.1, 0.15) is 0 Å². The van der Waals surface area contributed by atoms with Crippen molar-refractivity contribution in [1.82, 2.24) is 10.3 Å². The summed E-state index contributed by atoms with van der Waals surface area (Å²) < 4.78 is 0. The lowest BCUT2D eigenvalue weighted by Crippen LogP contribution is -2.26. The molecule has 0 saturated carbocycles. The lowest BCUT2D eigenvalue weighted by molar-refractivity contribution is 0.466. The molecular formula is C9H11N3. The maximum Gasteiger partial charge on any atom is 0.107 e. The predicted octanol–water partition coefficient (Wildman–Crippen LogP) is 1.35. The summed E-state index contributed by atoms with van der Waals surface area (Å²) >= 11 is 0. The summed E-state index contributed by atoms with van der Waals surface area (Å²) in [6, 6.07) is 10.1. The molecule has 2 N–H and O–H groups in total. The van der Waals surface area contributed by atoms with Gasteiger partial charge in [0.2, 0.25) is 0 Å². The van der Waals surface area contributed by atoms with Crippen LogP contribution >= 0.6 is 0 Å². The van der Waals surface area contributed by atoms with Gasteiger partial charge in [0.25, 0.3) is 0 Å². The van der Waals surface area contributed by atoms with Crippen molar-refractivity contribution in [2.75, 3.05) is 12.1 Å². The van der Waals surface area contributed by atoms with Crippen LogP contribution < -0.4 is 10.7 Å². The SMILES string of the molecule is C1=CN(Nc2ccccc2)CN1. The van der Waals surface area contributed by atoms with Crippen LogP contribution in [-0.4, -0.2) is 11.7 Å². The number of hydrogen-bond donors (Lipinski definition) is 2. The lowest BCUT2D eigenvalue weighted by Gasteiger charge is -2.17. The molecule has 12 heavy (non-hydrogen) atoms. The van der Waals surface area contributed by atoms with Gasteiger partial charge in [-0.15, -0.1) is 0 Å². The molecule has 2 rings (SSSR count). The maximum atomic E-state index is 3.22. The van der Waals surface area contributed by atoms with Crippen molar-refractivity contribution in [3.05, 3.63) is 42.7 Å². The Morgan fingerprint density at radius 1 is 1.25 bits per heavy atom. The molecule has 0 unspecified atom stereocenters. The molecule has 1 aromatic carbocycles. The van der Waals surface area contributed by atoms with E-state index in [0.717, 1.165) is 12.4 Å². The Morgan fingerprint density at radius 2 is 2.08 bits per heavy atom. The highest BCUT2D eigenvalue weighted by Gasteiger charge is 2.00. The van der Waals surface area contributed by atoms with Crippen molar-refractivity contribution in [2.45, 2.75) is 0 Å². The van der Waals surface area contributed by atoms with Gasteiger partial charge in [0.05, 0.1) is 5.69 Å². The van der Waals surface area contributed by atoms with Crippen molar-refractivity contribution in [3.63, 3.8) is 0 Å². The smallest absolute Gasteiger partial charge is 0.107 e. The zero-order valence-corrected chi connectivity index (χ0v) is 6.70. The first-order chi connectivity index (χ1) is 5.95. The minimum atomic E-state index is 0.814. The molecule has 0 aliphatic carbocycles. The molecule has 1 heterocycles. The molecule has 62 valence electrons. The van der Waals surface area contributed by atoms with Crippen molar-refractivity contribution in [1.29, 1.82) is 0 Å². The van der Waals surface area contributed by atoms with E-state index in [1.54, 1.807) is 0 Å². The van der Waals surface area contributed by atoms with Crippen molar-refractivity contribution in [3.8, 4) is 0 Å². The van der Waals surface area contributed by atoms with E-state index in [-0.39, 0.29) is 0 Å². The first-order valence-corrected chi connectivity index (χ1v) is 3.93. The van der Waals surface area contributed by atoms with Gasteiger partial charge < -0.3 is 5.32 Å². The second kappa shape index (κ2) is 3.17. The number of para-hydroxylation sites is 1. The molecule has 0 radical (unpaired) electrons. The minimum Gasteiger partial charge on any atom is -0.371 e. The normalized spacial score (nSPS) is 14.5. The summed E-state index contributed by atoms with van der Waals surface area (Å²) in [7, 11) is 0. The van der Waals surface area contributed by atoms with E-state index in [9.17, 15) is 0 Å². The Kier molecular flexibility index (Phi) is 1.86. The van der Waals surface area contributed by atoms with Gasteiger partial charge in [0.1, 0.15) is 6.67 Å². The third-order valence-electron chi connectivity index (χ3n) is 1.68. The van der Waals surface area contributed by atoms with Gasteiger partial charge >= 0.3 is 0 Å². The predicted molar refractivity (Wildman–Crippen MR) is 49.0 cm³/mol. The van der Waals surface area contributed by atoms with E-state index in [1.807, 2.05) is 47.7 Å². The number of nitrogens with zero attached hydrogens (tertiary/aromatic N) is 1. The summed E-state index contributed by atoms with van der Waals surface area (Å²) in [5.41, 5.74) is 4.33. The first-order valence-electron chi connectivity index (χ1n) is 3.93. The van der Waals surface area contributed by atoms with Crippen LogP contribution in [0.2, 0.25) is 0 Å². The first kappa shape index (κ1) is 7.03. The number of anilines is 1. The van der Waals surface area contributed by atoms with E-state index in [1.165, 1.54) is 0 Å². The molecule has 3 heteroatoms. The van der Waals surface area contributed by atoms with Gasteiger partial charge in [-0.3, -0.25) is 10.4 Å². The van der Waals surface area contributed by atoms with E-state index in [2.05, 4.69) is 10.7 Å². The number of hydrogen-bond acceptors (Lipinski definition) is 3. The molecule has 1 aromatic rings. The van der Waals surface area contributed by atoms with Gasteiger partial charge in [0.15, 0.2) is 0 Å². The monoisotopic (exact) mass is 161 g/mol. The number of nitrogens with one attached hydrogen (secondary N) is 2. The van der Waals surface area contributed by atoms with E-state index < -0.39 is 0 Å². The van der Waals surface area contributed by atoms with Crippen molar-refractivity contribution >= 4 is 5.69 Å². The molecule has 0 aromatic heterocycles. The molecule has 0 bridgehead atoms. The molecular weight excluding hydrogens is 150 g/mol. The molecule has 0 fully saturated rings. The summed E-state index contributed by atoms with van der Waals surface area (Å²) in [5.74, 6) is 0. The second-order valence-corrected chi connectivity index (χ2v) is 2.63. The summed E-state index contributed by atoms with van der Waals surface area (Å²) in [4.78, 5) is 0. The molecule has 0 spiro atoms. The van der Waals surface area contributed by atoms with Gasteiger partial charge in [-0.2, -0.15) is 0 Å². The highest BCUT2D eigenvalue weighted by molar-refractivity contribution is 5.41. The zero-order valence-electron chi connectivity index (χ0n) is 6.70. The molecule has 3 nitrogen and oxygen atoms in total.